The number of benzene rings is 2. The summed E-state index contributed by atoms with van der Waals surface area (Å²) in [5.41, 5.74) is 0. The Morgan fingerprint density at radius 2 is 1.94 bits per heavy atom. The van der Waals surface area contributed by atoms with Crippen molar-refractivity contribution < 1.29 is 12.6 Å². The van der Waals surface area contributed by atoms with E-state index in [1.165, 1.54) is 6.07 Å². The molecule has 0 atom stereocenters. The highest BCUT2D eigenvalue weighted by Crippen LogP contribution is 2.26. The van der Waals surface area contributed by atoms with Crippen LogP contribution in [0.5, 0.6) is 0 Å². The molecule has 2 rings (SSSR count). The van der Waals surface area contributed by atoms with Crippen molar-refractivity contribution in [1.29, 1.82) is 0 Å². The van der Waals surface area contributed by atoms with Crippen LogP contribution < -0.4 is 0 Å². The van der Waals surface area contributed by atoms with Crippen LogP contribution in [0.2, 0.25) is 5.02 Å². The third-order valence-corrected chi connectivity index (χ3v) is 3.67. The Bertz CT molecular complexity index is 635. The largest absolute Gasteiger partial charge is 0.297 e. The average Bonchev–Trinajstić information content (AvgIpc) is 2.27. The SMILES string of the molecule is [CH2]OS(=O)(=O)c1cccc2cc(Cl)ccc12. The fourth-order valence-electron chi connectivity index (χ4n) is 1.51. The van der Waals surface area contributed by atoms with Gasteiger partial charge in [0.15, 0.2) is 0 Å². The summed E-state index contributed by atoms with van der Waals surface area (Å²) in [6.45, 7) is 0. The van der Waals surface area contributed by atoms with Crippen molar-refractivity contribution in [3.8, 4) is 0 Å². The zero-order valence-corrected chi connectivity index (χ0v) is 9.75. The molecule has 0 fully saturated rings. The average molecular weight is 256 g/mol. The molecule has 5 heteroatoms. The Kier molecular flexibility index (Phi) is 2.88. The fraction of sp³-hybridized carbons (Fsp3) is 0. The third kappa shape index (κ3) is 1.91. The molecule has 0 aliphatic heterocycles. The van der Waals surface area contributed by atoms with Crippen LogP contribution in [0.4, 0.5) is 0 Å². The molecule has 0 spiro atoms. The molecule has 0 aliphatic rings. The van der Waals surface area contributed by atoms with Gasteiger partial charge in [0.2, 0.25) is 0 Å². The minimum absolute atomic E-state index is 0.0941. The maximum atomic E-state index is 11.6. The first-order valence-electron chi connectivity index (χ1n) is 4.41. The van der Waals surface area contributed by atoms with E-state index in [2.05, 4.69) is 11.3 Å². The number of hydrogen-bond donors (Lipinski definition) is 0. The number of halogens is 1. The molecule has 0 saturated carbocycles. The summed E-state index contributed by atoms with van der Waals surface area (Å²) >= 11 is 5.83. The first-order chi connectivity index (χ1) is 7.54. The molecule has 0 heterocycles. The maximum absolute atomic E-state index is 11.6. The van der Waals surface area contributed by atoms with E-state index in [0.717, 1.165) is 5.39 Å². The van der Waals surface area contributed by atoms with Gasteiger partial charge in [0.05, 0.1) is 7.11 Å². The first-order valence-corrected chi connectivity index (χ1v) is 6.20. The predicted octanol–water partition coefficient (Wildman–Crippen LogP) is 2.99. The van der Waals surface area contributed by atoms with Crippen LogP contribution in [0.3, 0.4) is 0 Å². The van der Waals surface area contributed by atoms with E-state index in [1.54, 1.807) is 30.3 Å². The molecule has 3 nitrogen and oxygen atoms in total. The molecule has 2 aromatic rings. The summed E-state index contributed by atoms with van der Waals surface area (Å²) in [4.78, 5) is 0.0941. The van der Waals surface area contributed by atoms with Crippen molar-refractivity contribution in [2.24, 2.45) is 0 Å². The van der Waals surface area contributed by atoms with Gasteiger partial charge in [0.1, 0.15) is 4.90 Å². The molecular weight excluding hydrogens is 248 g/mol. The molecule has 0 N–H and O–H groups in total. The van der Waals surface area contributed by atoms with Crippen molar-refractivity contribution in [1.82, 2.24) is 0 Å². The summed E-state index contributed by atoms with van der Waals surface area (Å²) in [5.74, 6) is 0. The van der Waals surface area contributed by atoms with Gasteiger partial charge in [-0.1, -0.05) is 29.8 Å². The van der Waals surface area contributed by atoms with Gasteiger partial charge < -0.3 is 0 Å². The molecule has 0 aliphatic carbocycles. The molecule has 0 unspecified atom stereocenters. The van der Waals surface area contributed by atoms with Gasteiger partial charge in [-0.25, -0.2) is 0 Å². The lowest BCUT2D eigenvalue weighted by Crippen LogP contribution is -2.02. The first kappa shape index (κ1) is 11.4. The summed E-state index contributed by atoms with van der Waals surface area (Å²) < 4.78 is 27.4. The molecule has 1 radical (unpaired) electrons. The predicted molar refractivity (Wildman–Crippen MR) is 62.6 cm³/mol. The van der Waals surface area contributed by atoms with Crippen LogP contribution in [-0.2, 0) is 14.3 Å². The molecule has 0 amide bonds. The summed E-state index contributed by atoms with van der Waals surface area (Å²) in [6.07, 6.45) is 0. The Morgan fingerprint density at radius 1 is 1.19 bits per heavy atom. The van der Waals surface area contributed by atoms with E-state index in [9.17, 15) is 8.42 Å². The normalized spacial score (nSPS) is 11.9. The van der Waals surface area contributed by atoms with Crippen molar-refractivity contribution in [3.05, 3.63) is 48.5 Å². The van der Waals surface area contributed by atoms with E-state index < -0.39 is 10.1 Å². The zero-order chi connectivity index (χ0) is 11.8. The van der Waals surface area contributed by atoms with Crippen LogP contribution in [0, 0.1) is 7.11 Å². The molecular formula is C11H8ClO3S. The number of fused-ring (bicyclic) bond motifs is 1. The van der Waals surface area contributed by atoms with E-state index in [-0.39, 0.29) is 4.90 Å². The van der Waals surface area contributed by atoms with Gasteiger partial charge in [-0.05, 0) is 23.6 Å². The van der Waals surface area contributed by atoms with Crippen molar-refractivity contribution in [2.75, 3.05) is 0 Å². The molecule has 0 bridgehead atoms. The Balaban J connectivity index is 2.82. The quantitative estimate of drug-likeness (QED) is 0.775. The van der Waals surface area contributed by atoms with Crippen molar-refractivity contribution in [2.45, 2.75) is 4.90 Å². The summed E-state index contributed by atoms with van der Waals surface area (Å²) in [6, 6.07) is 9.85. The maximum Gasteiger partial charge on any atom is 0.297 e. The second-order valence-electron chi connectivity index (χ2n) is 3.19. The highest BCUT2D eigenvalue weighted by atomic mass is 35.5. The van der Waals surface area contributed by atoms with Gasteiger partial charge >= 0.3 is 0 Å². The topological polar surface area (TPSA) is 43.4 Å². The molecule has 0 aromatic heterocycles. The minimum Gasteiger partial charge on any atom is -0.264 e. The van der Waals surface area contributed by atoms with Crippen LogP contribution >= 0.6 is 11.6 Å². The van der Waals surface area contributed by atoms with E-state index in [4.69, 9.17) is 11.6 Å². The van der Waals surface area contributed by atoms with Gasteiger partial charge in [-0.2, -0.15) is 8.42 Å². The van der Waals surface area contributed by atoms with Crippen LogP contribution in [-0.4, -0.2) is 8.42 Å². The van der Waals surface area contributed by atoms with E-state index in [1.807, 2.05) is 0 Å². The van der Waals surface area contributed by atoms with Gasteiger partial charge in [0.25, 0.3) is 10.1 Å². The summed E-state index contributed by atoms with van der Waals surface area (Å²) in [5, 5.41) is 1.86. The smallest absolute Gasteiger partial charge is 0.264 e. The number of rotatable bonds is 2. The van der Waals surface area contributed by atoms with Crippen molar-refractivity contribution >= 4 is 32.5 Å². The highest BCUT2D eigenvalue weighted by molar-refractivity contribution is 7.87. The van der Waals surface area contributed by atoms with Crippen LogP contribution in [0.1, 0.15) is 0 Å². The lowest BCUT2D eigenvalue weighted by atomic mass is 10.1. The molecule has 16 heavy (non-hydrogen) atoms. The lowest BCUT2D eigenvalue weighted by molar-refractivity contribution is 0.439. The Labute approximate surface area is 98.7 Å². The van der Waals surface area contributed by atoms with Crippen molar-refractivity contribution in [3.63, 3.8) is 0 Å². The lowest BCUT2D eigenvalue weighted by Gasteiger charge is -2.05. The number of hydrogen-bond acceptors (Lipinski definition) is 3. The molecule has 0 saturated heterocycles. The second-order valence-corrected chi connectivity index (χ2v) is 5.21. The van der Waals surface area contributed by atoms with E-state index >= 15 is 0 Å². The minimum atomic E-state index is -3.79. The van der Waals surface area contributed by atoms with Gasteiger partial charge in [0, 0.05) is 10.4 Å². The summed E-state index contributed by atoms with van der Waals surface area (Å²) in [7, 11) is -0.848. The fourth-order valence-corrected chi connectivity index (χ4v) is 2.51. The van der Waals surface area contributed by atoms with Gasteiger partial charge in [-0.3, -0.25) is 4.18 Å². The highest BCUT2D eigenvalue weighted by Gasteiger charge is 2.16. The molecule has 2 aromatic carbocycles. The van der Waals surface area contributed by atoms with E-state index in [0.29, 0.717) is 10.4 Å². The third-order valence-electron chi connectivity index (χ3n) is 2.23. The second kappa shape index (κ2) is 4.05. The zero-order valence-electron chi connectivity index (χ0n) is 8.18. The Morgan fingerprint density at radius 3 is 2.62 bits per heavy atom. The standard InChI is InChI=1S/C11H8ClO3S/c1-15-16(13,14)11-4-2-3-8-7-9(12)5-6-10(8)11/h2-7H,1H2. The van der Waals surface area contributed by atoms with Gasteiger partial charge in [-0.15, -0.1) is 0 Å². The molecule has 83 valence electrons. The Hall–Kier alpha value is -1.10. The van der Waals surface area contributed by atoms with Crippen LogP contribution in [0.25, 0.3) is 10.8 Å². The monoisotopic (exact) mass is 255 g/mol. The van der Waals surface area contributed by atoms with Crippen LogP contribution in [0.15, 0.2) is 41.3 Å².